The van der Waals surface area contributed by atoms with Crippen molar-refractivity contribution in [2.75, 3.05) is 0 Å². The van der Waals surface area contributed by atoms with Gasteiger partial charge in [0.05, 0.1) is 12.0 Å². The van der Waals surface area contributed by atoms with Crippen LogP contribution in [0.1, 0.15) is 0 Å². The first-order chi connectivity index (χ1) is 9.74. The smallest absolute Gasteiger partial charge is 0.132 e. The molecule has 0 aliphatic rings. The summed E-state index contributed by atoms with van der Waals surface area (Å²) in [7, 11) is 1.97. The van der Waals surface area contributed by atoms with Gasteiger partial charge in [0.2, 0.25) is 0 Å². The molecule has 0 radical (unpaired) electrons. The van der Waals surface area contributed by atoms with Crippen LogP contribution in [0, 0.1) is 0 Å². The fraction of sp³-hybridized carbons (Fsp3) is 0.0625. The molecule has 0 amide bonds. The van der Waals surface area contributed by atoms with Gasteiger partial charge in [0.1, 0.15) is 16.1 Å². The molecule has 0 aliphatic heterocycles. The average molecular weight is 329 g/mol. The van der Waals surface area contributed by atoms with Crippen molar-refractivity contribution in [1.29, 1.82) is 0 Å². The zero-order chi connectivity index (χ0) is 13.9. The van der Waals surface area contributed by atoms with Gasteiger partial charge >= 0.3 is 0 Å². The van der Waals surface area contributed by atoms with Gasteiger partial charge in [-0.2, -0.15) is 0 Å². The van der Waals surface area contributed by atoms with E-state index < -0.39 is 0 Å². The maximum atomic E-state index is 5.78. The number of aryl methyl sites for hydroxylation is 1. The van der Waals surface area contributed by atoms with Gasteiger partial charge < -0.3 is 9.30 Å². The predicted octanol–water partition coefficient (Wildman–Crippen LogP) is 4.64. The van der Waals surface area contributed by atoms with Crippen LogP contribution in [0.25, 0.3) is 11.3 Å². The lowest BCUT2D eigenvalue weighted by Crippen LogP contribution is -1.90. The Morgan fingerprint density at radius 2 is 1.60 bits per heavy atom. The Labute approximate surface area is 126 Å². The monoisotopic (exact) mass is 328 g/mol. The molecule has 0 N–H and O–H groups in total. The summed E-state index contributed by atoms with van der Waals surface area (Å²) < 4.78 is 8.60. The number of hydrogen-bond donors (Lipinski definition) is 0. The van der Waals surface area contributed by atoms with Crippen molar-refractivity contribution in [1.82, 2.24) is 9.55 Å². The zero-order valence-corrected chi connectivity index (χ0v) is 12.5. The lowest BCUT2D eigenvalue weighted by molar-refractivity contribution is 0.483. The Kier molecular flexibility index (Phi) is 3.56. The number of nitrogens with zero attached hydrogens (tertiary/aromatic N) is 2. The van der Waals surface area contributed by atoms with Gasteiger partial charge in [-0.05, 0) is 52.3 Å². The minimum absolute atomic E-state index is 0.818. The molecule has 3 nitrogen and oxygen atoms in total. The SMILES string of the molecule is Cn1cnc(Br)c1-c1ccc(Oc2ccccc2)cc1. The van der Waals surface area contributed by atoms with Crippen LogP contribution in [0.3, 0.4) is 0 Å². The van der Waals surface area contributed by atoms with E-state index in [1.807, 2.05) is 66.2 Å². The van der Waals surface area contributed by atoms with Gasteiger partial charge in [0, 0.05) is 12.6 Å². The molecule has 0 unspecified atom stereocenters. The van der Waals surface area contributed by atoms with Gasteiger partial charge in [-0.25, -0.2) is 4.98 Å². The largest absolute Gasteiger partial charge is 0.457 e. The van der Waals surface area contributed by atoms with Crippen molar-refractivity contribution in [3.63, 3.8) is 0 Å². The molecule has 1 aromatic heterocycles. The van der Waals surface area contributed by atoms with Gasteiger partial charge in [0.25, 0.3) is 0 Å². The first-order valence-electron chi connectivity index (χ1n) is 6.24. The molecule has 0 atom stereocenters. The standard InChI is InChI=1S/C16H13BrN2O/c1-19-11-18-16(17)15(19)12-7-9-14(10-8-12)20-13-5-3-2-4-6-13/h2-11H,1H3. The van der Waals surface area contributed by atoms with Crippen molar-refractivity contribution in [3.05, 3.63) is 65.5 Å². The van der Waals surface area contributed by atoms with Crippen LogP contribution in [-0.2, 0) is 7.05 Å². The van der Waals surface area contributed by atoms with Crippen LogP contribution in [0.15, 0.2) is 65.5 Å². The summed E-state index contributed by atoms with van der Waals surface area (Å²) in [5.74, 6) is 1.65. The number of hydrogen-bond acceptors (Lipinski definition) is 2. The summed E-state index contributed by atoms with van der Waals surface area (Å²) in [6.45, 7) is 0. The molecule has 3 aromatic rings. The predicted molar refractivity (Wildman–Crippen MR) is 82.9 cm³/mol. The summed E-state index contributed by atoms with van der Waals surface area (Å²) in [4.78, 5) is 4.23. The number of benzene rings is 2. The molecular weight excluding hydrogens is 316 g/mol. The minimum atomic E-state index is 0.818. The third kappa shape index (κ3) is 2.60. The molecule has 100 valence electrons. The molecule has 0 saturated heterocycles. The molecule has 20 heavy (non-hydrogen) atoms. The third-order valence-electron chi connectivity index (χ3n) is 3.00. The van der Waals surface area contributed by atoms with Crippen LogP contribution in [0.5, 0.6) is 11.5 Å². The molecule has 2 aromatic carbocycles. The summed E-state index contributed by atoms with van der Waals surface area (Å²) in [6, 6.07) is 17.7. The van der Waals surface area contributed by atoms with Gasteiger partial charge in [-0.3, -0.25) is 0 Å². The second kappa shape index (κ2) is 5.51. The number of aromatic nitrogens is 2. The molecule has 1 heterocycles. The topological polar surface area (TPSA) is 27.1 Å². The molecule has 0 bridgehead atoms. The van der Waals surface area contributed by atoms with E-state index in [4.69, 9.17) is 4.74 Å². The summed E-state index contributed by atoms with van der Waals surface area (Å²) in [6.07, 6.45) is 1.79. The van der Waals surface area contributed by atoms with Gasteiger partial charge in [0.15, 0.2) is 0 Å². The van der Waals surface area contributed by atoms with Crippen LogP contribution in [0.2, 0.25) is 0 Å². The molecule has 0 aliphatic carbocycles. The lowest BCUT2D eigenvalue weighted by Gasteiger charge is -2.07. The number of halogens is 1. The number of para-hydroxylation sites is 1. The highest BCUT2D eigenvalue weighted by atomic mass is 79.9. The van der Waals surface area contributed by atoms with E-state index in [-0.39, 0.29) is 0 Å². The first-order valence-corrected chi connectivity index (χ1v) is 7.03. The highest BCUT2D eigenvalue weighted by Gasteiger charge is 2.08. The van der Waals surface area contributed by atoms with Crippen LogP contribution < -0.4 is 4.74 Å². The molecule has 4 heteroatoms. The van der Waals surface area contributed by atoms with Crippen LogP contribution in [-0.4, -0.2) is 9.55 Å². The Hall–Kier alpha value is -2.07. The van der Waals surface area contributed by atoms with Gasteiger partial charge in [-0.1, -0.05) is 18.2 Å². The Morgan fingerprint density at radius 1 is 0.950 bits per heavy atom. The highest BCUT2D eigenvalue weighted by molar-refractivity contribution is 9.10. The fourth-order valence-corrected chi connectivity index (χ4v) is 2.63. The first kappa shape index (κ1) is 12.9. The summed E-state index contributed by atoms with van der Waals surface area (Å²) in [5, 5.41) is 0. The van der Waals surface area contributed by atoms with E-state index in [0.717, 1.165) is 27.4 Å². The maximum Gasteiger partial charge on any atom is 0.132 e. The van der Waals surface area contributed by atoms with Crippen LogP contribution in [0.4, 0.5) is 0 Å². The fourth-order valence-electron chi connectivity index (χ4n) is 2.03. The molecule has 3 rings (SSSR count). The molecule has 0 fully saturated rings. The van der Waals surface area contributed by atoms with E-state index in [9.17, 15) is 0 Å². The average Bonchev–Trinajstić information content (AvgIpc) is 2.81. The number of ether oxygens (including phenoxy) is 1. The Balaban J connectivity index is 1.85. The van der Waals surface area contributed by atoms with Crippen molar-refractivity contribution in [3.8, 4) is 22.8 Å². The van der Waals surface area contributed by atoms with Crippen molar-refractivity contribution in [2.24, 2.45) is 7.05 Å². The molecule has 0 saturated carbocycles. The van der Waals surface area contributed by atoms with Crippen molar-refractivity contribution in [2.45, 2.75) is 0 Å². The Morgan fingerprint density at radius 3 is 2.20 bits per heavy atom. The minimum Gasteiger partial charge on any atom is -0.457 e. The van der Waals surface area contributed by atoms with E-state index in [1.165, 1.54) is 0 Å². The number of rotatable bonds is 3. The van der Waals surface area contributed by atoms with E-state index in [2.05, 4.69) is 20.9 Å². The quantitative estimate of drug-likeness (QED) is 0.700. The summed E-state index contributed by atoms with van der Waals surface area (Å²) >= 11 is 3.46. The molecule has 0 spiro atoms. The van der Waals surface area contributed by atoms with E-state index in [0.29, 0.717) is 0 Å². The van der Waals surface area contributed by atoms with Crippen LogP contribution >= 0.6 is 15.9 Å². The normalized spacial score (nSPS) is 10.5. The molecular formula is C16H13BrN2O. The zero-order valence-electron chi connectivity index (χ0n) is 11.0. The highest BCUT2D eigenvalue weighted by Crippen LogP contribution is 2.29. The van der Waals surface area contributed by atoms with Crippen molar-refractivity contribution >= 4 is 15.9 Å². The van der Waals surface area contributed by atoms with Crippen molar-refractivity contribution < 1.29 is 4.74 Å². The van der Waals surface area contributed by atoms with E-state index >= 15 is 0 Å². The maximum absolute atomic E-state index is 5.78. The third-order valence-corrected chi connectivity index (χ3v) is 3.58. The lowest BCUT2D eigenvalue weighted by atomic mass is 10.1. The summed E-state index contributed by atoms with van der Waals surface area (Å²) in [5.41, 5.74) is 2.15. The van der Waals surface area contributed by atoms with E-state index in [1.54, 1.807) is 6.33 Å². The van der Waals surface area contributed by atoms with Gasteiger partial charge in [-0.15, -0.1) is 0 Å². The Bertz CT molecular complexity index is 686. The number of imidazole rings is 1. The second-order valence-electron chi connectivity index (χ2n) is 4.43. The second-order valence-corrected chi connectivity index (χ2v) is 5.19.